The molecular formula is C59H96O5. The van der Waals surface area contributed by atoms with Crippen LogP contribution in [0.4, 0.5) is 0 Å². The van der Waals surface area contributed by atoms with Gasteiger partial charge in [0.25, 0.3) is 0 Å². The number of ether oxygens (including phenoxy) is 3. The van der Waals surface area contributed by atoms with E-state index < -0.39 is 6.10 Å². The second kappa shape index (κ2) is 53.6. The van der Waals surface area contributed by atoms with E-state index >= 15 is 0 Å². The quantitative estimate of drug-likeness (QED) is 0.0346. The molecule has 362 valence electrons. The lowest BCUT2D eigenvalue weighted by atomic mass is 10.1. The Balaban J connectivity index is 4.44. The fourth-order valence-electron chi connectivity index (χ4n) is 6.65. The summed E-state index contributed by atoms with van der Waals surface area (Å²) in [4.78, 5) is 25.4. The predicted octanol–water partition coefficient (Wildman–Crippen LogP) is 17.8. The van der Waals surface area contributed by atoms with E-state index in [2.05, 4.69) is 142 Å². The molecule has 5 nitrogen and oxygen atoms in total. The first kappa shape index (κ1) is 60.3. The standard InChI is InChI=1S/C59H96O5/c1-4-7-10-13-16-19-22-25-28-29-30-31-33-34-37-40-43-46-49-52-58(60)63-56-57(55-62-54-51-48-45-42-39-36-27-24-21-18-15-12-9-6-3)64-59(61)53-50-47-44-41-38-35-32-26-23-20-17-14-11-8-5-2/h7,9-10,12,16,18-19,21,25-28,30-32,34,36-37,42,45,57H,4-6,8,11,13-15,17,20,22-24,29,33,35,38-41,43-44,46-56H2,1-3H3/b10-7-,12-9-,19-16-,21-18-,28-25-,31-30-,32-26-,36-27-,37-34-,45-42-. The molecule has 0 aliphatic carbocycles. The van der Waals surface area contributed by atoms with E-state index in [0.717, 1.165) is 122 Å². The van der Waals surface area contributed by atoms with E-state index in [-0.39, 0.29) is 25.2 Å². The summed E-state index contributed by atoms with van der Waals surface area (Å²) in [6, 6.07) is 0. The molecule has 0 aromatic rings. The second-order valence-corrected chi connectivity index (χ2v) is 16.7. The van der Waals surface area contributed by atoms with Gasteiger partial charge in [-0.1, -0.05) is 200 Å². The van der Waals surface area contributed by atoms with E-state index in [0.29, 0.717) is 19.4 Å². The Kier molecular flexibility index (Phi) is 50.5. The van der Waals surface area contributed by atoms with Crippen molar-refractivity contribution < 1.29 is 23.8 Å². The van der Waals surface area contributed by atoms with Crippen LogP contribution < -0.4 is 0 Å². The number of carbonyl (C=O) groups is 2. The lowest BCUT2D eigenvalue weighted by molar-refractivity contribution is -0.163. The largest absolute Gasteiger partial charge is 0.462 e. The summed E-state index contributed by atoms with van der Waals surface area (Å²) in [6.45, 7) is 7.40. The third-order valence-electron chi connectivity index (χ3n) is 10.5. The smallest absolute Gasteiger partial charge is 0.306 e. The molecule has 0 aromatic carbocycles. The van der Waals surface area contributed by atoms with Crippen molar-refractivity contribution in [1.29, 1.82) is 0 Å². The number of rotatable bonds is 46. The van der Waals surface area contributed by atoms with Gasteiger partial charge in [-0.2, -0.15) is 0 Å². The highest BCUT2D eigenvalue weighted by Crippen LogP contribution is 2.12. The Labute approximate surface area is 395 Å². The van der Waals surface area contributed by atoms with Gasteiger partial charge in [-0.25, -0.2) is 0 Å². The molecule has 0 spiro atoms. The molecule has 0 fully saturated rings. The van der Waals surface area contributed by atoms with Gasteiger partial charge in [-0.15, -0.1) is 0 Å². The zero-order valence-electron chi connectivity index (χ0n) is 41.5. The van der Waals surface area contributed by atoms with Crippen LogP contribution in [-0.4, -0.2) is 37.9 Å². The maximum Gasteiger partial charge on any atom is 0.306 e. The van der Waals surface area contributed by atoms with Crippen molar-refractivity contribution in [2.75, 3.05) is 19.8 Å². The van der Waals surface area contributed by atoms with Gasteiger partial charge in [0.1, 0.15) is 6.61 Å². The number of esters is 2. The number of hydrogen-bond acceptors (Lipinski definition) is 5. The van der Waals surface area contributed by atoms with Gasteiger partial charge in [0.2, 0.25) is 0 Å². The fraction of sp³-hybridized carbons (Fsp3) is 0.627. The lowest BCUT2D eigenvalue weighted by Gasteiger charge is -2.18. The van der Waals surface area contributed by atoms with Gasteiger partial charge in [0.05, 0.1) is 6.61 Å². The second-order valence-electron chi connectivity index (χ2n) is 16.7. The van der Waals surface area contributed by atoms with Gasteiger partial charge in [-0.3, -0.25) is 9.59 Å². The van der Waals surface area contributed by atoms with Crippen LogP contribution in [0.15, 0.2) is 122 Å². The molecule has 0 heterocycles. The molecule has 0 bridgehead atoms. The van der Waals surface area contributed by atoms with Gasteiger partial charge in [0.15, 0.2) is 6.10 Å². The summed E-state index contributed by atoms with van der Waals surface area (Å²) in [6.07, 6.45) is 75.0. The molecule has 1 atom stereocenters. The Morgan fingerprint density at radius 3 is 1.16 bits per heavy atom. The minimum Gasteiger partial charge on any atom is -0.462 e. The molecule has 0 amide bonds. The minimum atomic E-state index is -0.590. The van der Waals surface area contributed by atoms with Crippen LogP contribution in [0.25, 0.3) is 0 Å². The Bertz CT molecular complexity index is 1320. The summed E-state index contributed by atoms with van der Waals surface area (Å²) >= 11 is 0. The van der Waals surface area contributed by atoms with Crippen LogP contribution >= 0.6 is 0 Å². The summed E-state index contributed by atoms with van der Waals surface area (Å²) in [5.41, 5.74) is 0. The van der Waals surface area contributed by atoms with E-state index in [1.54, 1.807) is 0 Å². The first-order chi connectivity index (χ1) is 31.6. The molecule has 0 radical (unpaired) electrons. The number of unbranched alkanes of at least 4 members (excludes halogenated alkanes) is 15. The minimum absolute atomic E-state index is 0.0356. The van der Waals surface area contributed by atoms with E-state index in [1.165, 1.54) is 57.8 Å². The average molecular weight is 885 g/mol. The van der Waals surface area contributed by atoms with Gasteiger partial charge >= 0.3 is 11.9 Å². The Morgan fingerprint density at radius 2 is 0.703 bits per heavy atom. The topological polar surface area (TPSA) is 61.8 Å². The number of carbonyl (C=O) groups excluding carboxylic acids is 2. The molecule has 0 saturated heterocycles. The molecule has 5 heteroatoms. The third kappa shape index (κ3) is 50.9. The monoisotopic (exact) mass is 885 g/mol. The first-order valence-corrected chi connectivity index (χ1v) is 26.1. The highest BCUT2D eigenvalue weighted by Gasteiger charge is 2.17. The maximum atomic E-state index is 12.8. The molecule has 0 aliphatic rings. The SMILES string of the molecule is CC/C=C\C/C=C\C/C=C\C/C=C\C/C=C\CCCCCC(=O)OCC(COCCC/C=C\C/C=C\C/C=C\C/C=C\CC)OC(=O)CCCCCCC/C=C\CCCCCCCC. The predicted molar refractivity (Wildman–Crippen MR) is 279 cm³/mol. The summed E-state index contributed by atoms with van der Waals surface area (Å²) < 4.78 is 17.3. The van der Waals surface area contributed by atoms with E-state index in [4.69, 9.17) is 14.2 Å². The number of hydrogen-bond donors (Lipinski definition) is 0. The van der Waals surface area contributed by atoms with E-state index in [1.807, 2.05) is 0 Å². The van der Waals surface area contributed by atoms with E-state index in [9.17, 15) is 9.59 Å². The summed E-state index contributed by atoms with van der Waals surface area (Å²) in [7, 11) is 0. The van der Waals surface area contributed by atoms with Crippen molar-refractivity contribution in [2.45, 2.75) is 219 Å². The van der Waals surface area contributed by atoms with Crippen LogP contribution in [-0.2, 0) is 23.8 Å². The fourth-order valence-corrected chi connectivity index (χ4v) is 6.65. The van der Waals surface area contributed by atoms with Crippen LogP contribution in [0.1, 0.15) is 213 Å². The van der Waals surface area contributed by atoms with Gasteiger partial charge in [0, 0.05) is 19.4 Å². The van der Waals surface area contributed by atoms with Crippen molar-refractivity contribution in [1.82, 2.24) is 0 Å². The normalized spacial score (nSPS) is 13.2. The maximum absolute atomic E-state index is 12.8. The molecule has 0 aliphatic heterocycles. The molecule has 64 heavy (non-hydrogen) atoms. The van der Waals surface area contributed by atoms with Gasteiger partial charge in [-0.05, 0) is 122 Å². The van der Waals surface area contributed by atoms with Crippen LogP contribution in [0.2, 0.25) is 0 Å². The summed E-state index contributed by atoms with van der Waals surface area (Å²) in [5.74, 6) is -0.482. The molecular weight excluding hydrogens is 789 g/mol. The van der Waals surface area contributed by atoms with Crippen LogP contribution in [0.3, 0.4) is 0 Å². The van der Waals surface area contributed by atoms with Crippen molar-refractivity contribution in [3.63, 3.8) is 0 Å². The van der Waals surface area contributed by atoms with Crippen LogP contribution in [0.5, 0.6) is 0 Å². The lowest BCUT2D eigenvalue weighted by Crippen LogP contribution is -2.30. The molecule has 1 unspecified atom stereocenters. The third-order valence-corrected chi connectivity index (χ3v) is 10.5. The highest BCUT2D eigenvalue weighted by molar-refractivity contribution is 5.70. The van der Waals surface area contributed by atoms with Crippen molar-refractivity contribution in [3.05, 3.63) is 122 Å². The highest BCUT2D eigenvalue weighted by atomic mass is 16.6. The molecule has 0 aromatic heterocycles. The molecule has 0 rings (SSSR count). The molecule has 0 saturated carbocycles. The Morgan fingerprint density at radius 1 is 0.359 bits per heavy atom. The van der Waals surface area contributed by atoms with Crippen molar-refractivity contribution in [3.8, 4) is 0 Å². The zero-order chi connectivity index (χ0) is 46.3. The zero-order valence-corrected chi connectivity index (χ0v) is 41.5. The summed E-state index contributed by atoms with van der Waals surface area (Å²) in [5, 5.41) is 0. The molecule has 0 N–H and O–H groups in total. The van der Waals surface area contributed by atoms with Crippen LogP contribution in [0, 0.1) is 0 Å². The first-order valence-electron chi connectivity index (χ1n) is 26.1. The average Bonchev–Trinajstić information content (AvgIpc) is 3.30. The van der Waals surface area contributed by atoms with Gasteiger partial charge < -0.3 is 14.2 Å². The van der Waals surface area contributed by atoms with Crippen molar-refractivity contribution >= 4 is 11.9 Å². The van der Waals surface area contributed by atoms with Crippen molar-refractivity contribution in [2.24, 2.45) is 0 Å². The Hall–Kier alpha value is -3.70. The number of allylic oxidation sites excluding steroid dienone is 20.